The molecule has 0 aromatic heterocycles. The van der Waals surface area contributed by atoms with Crippen LogP contribution in [0.25, 0.3) is 10.8 Å². The number of aliphatic carboxylic acids is 1. The summed E-state index contributed by atoms with van der Waals surface area (Å²) in [7, 11) is 0. The van der Waals surface area contributed by atoms with E-state index in [2.05, 4.69) is 10.6 Å². The van der Waals surface area contributed by atoms with Gasteiger partial charge in [0.05, 0.1) is 12.2 Å². The fourth-order valence-corrected chi connectivity index (χ4v) is 2.06. The Labute approximate surface area is 127 Å². The SMILES string of the molecule is Cc1cc(NC(=O)NCC(C)(O)C(=O)O)c2ccccc2c1. The van der Waals surface area contributed by atoms with Gasteiger partial charge in [-0.05, 0) is 30.9 Å². The normalized spacial score (nSPS) is 13.4. The summed E-state index contributed by atoms with van der Waals surface area (Å²) in [5.74, 6) is -1.39. The molecule has 1 atom stereocenters. The molecule has 0 aliphatic heterocycles. The summed E-state index contributed by atoms with van der Waals surface area (Å²) in [4.78, 5) is 22.7. The van der Waals surface area contributed by atoms with Crippen LogP contribution < -0.4 is 10.6 Å². The summed E-state index contributed by atoms with van der Waals surface area (Å²) in [6.45, 7) is 2.65. The lowest BCUT2D eigenvalue weighted by atomic mass is 10.1. The lowest BCUT2D eigenvalue weighted by molar-refractivity contribution is -0.155. The van der Waals surface area contributed by atoms with Crippen molar-refractivity contribution in [2.75, 3.05) is 11.9 Å². The molecule has 0 saturated carbocycles. The number of carbonyl (C=O) groups is 2. The Balaban J connectivity index is 2.14. The average molecular weight is 302 g/mol. The van der Waals surface area contributed by atoms with Gasteiger partial charge in [0.15, 0.2) is 5.60 Å². The van der Waals surface area contributed by atoms with E-state index >= 15 is 0 Å². The lowest BCUT2D eigenvalue weighted by Crippen LogP contribution is -2.47. The van der Waals surface area contributed by atoms with Gasteiger partial charge in [-0.1, -0.05) is 30.3 Å². The number of urea groups is 1. The van der Waals surface area contributed by atoms with Gasteiger partial charge >= 0.3 is 12.0 Å². The van der Waals surface area contributed by atoms with Crippen molar-refractivity contribution in [1.29, 1.82) is 0 Å². The van der Waals surface area contributed by atoms with Gasteiger partial charge in [0.1, 0.15) is 0 Å². The van der Waals surface area contributed by atoms with Crippen molar-refractivity contribution in [2.24, 2.45) is 0 Å². The number of anilines is 1. The van der Waals surface area contributed by atoms with E-state index < -0.39 is 24.1 Å². The third-order valence-electron chi connectivity index (χ3n) is 3.31. The predicted octanol–water partition coefficient (Wildman–Crippen LogP) is 2.11. The summed E-state index contributed by atoms with van der Waals surface area (Å²) in [5.41, 5.74) is -0.388. The fraction of sp³-hybridized carbons (Fsp3) is 0.250. The zero-order chi connectivity index (χ0) is 16.3. The van der Waals surface area contributed by atoms with E-state index in [1.807, 2.05) is 43.3 Å². The number of carboxylic acids is 1. The molecule has 2 rings (SSSR count). The van der Waals surface area contributed by atoms with Gasteiger partial charge in [-0.25, -0.2) is 9.59 Å². The third kappa shape index (κ3) is 3.53. The molecule has 22 heavy (non-hydrogen) atoms. The van der Waals surface area contributed by atoms with Crippen LogP contribution in [-0.4, -0.2) is 34.4 Å². The van der Waals surface area contributed by atoms with Crippen LogP contribution in [0.2, 0.25) is 0 Å². The van der Waals surface area contributed by atoms with Crippen LogP contribution in [0.1, 0.15) is 12.5 Å². The van der Waals surface area contributed by atoms with Gasteiger partial charge in [0, 0.05) is 5.39 Å². The quantitative estimate of drug-likeness (QED) is 0.695. The Morgan fingerprint density at radius 2 is 1.91 bits per heavy atom. The first-order valence-electron chi connectivity index (χ1n) is 6.79. The van der Waals surface area contributed by atoms with Crippen LogP contribution in [0.15, 0.2) is 36.4 Å². The van der Waals surface area contributed by atoms with E-state index in [0.717, 1.165) is 23.3 Å². The fourth-order valence-electron chi connectivity index (χ4n) is 2.06. The van der Waals surface area contributed by atoms with Crippen molar-refractivity contribution in [1.82, 2.24) is 5.32 Å². The van der Waals surface area contributed by atoms with Crippen LogP contribution in [-0.2, 0) is 4.79 Å². The number of fused-ring (bicyclic) bond motifs is 1. The average Bonchev–Trinajstić information content (AvgIpc) is 2.45. The highest BCUT2D eigenvalue weighted by molar-refractivity contribution is 6.02. The highest BCUT2D eigenvalue weighted by Crippen LogP contribution is 2.25. The number of rotatable bonds is 4. The first-order valence-corrected chi connectivity index (χ1v) is 6.79. The van der Waals surface area contributed by atoms with E-state index in [1.165, 1.54) is 0 Å². The summed E-state index contributed by atoms with van der Waals surface area (Å²) >= 11 is 0. The molecule has 0 radical (unpaired) electrons. The number of carbonyl (C=O) groups excluding carboxylic acids is 1. The zero-order valence-corrected chi connectivity index (χ0v) is 12.4. The Kier molecular flexibility index (Phi) is 4.32. The molecular formula is C16H18N2O4. The second-order valence-electron chi connectivity index (χ2n) is 5.42. The number of aryl methyl sites for hydroxylation is 1. The first kappa shape index (κ1) is 15.8. The van der Waals surface area contributed by atoms with Gasteiger partial charge in [-0.3, -0.25) is 0 Å². The highest BCUT2D eigenvalue weighted by atomic mass is 16.4. The molecule has 0 heterocycles. The number of carboxylic acid groups (broad SMARTS) is 1. The Bertz CT molecular complexity index is 725. The van der Waals surface area contributed by atoms with Crippen molar-refractivity contribution in [3.8, 4) is 0 Å². The first-order chi connectivity index (χ1) is 10.3. The summed E-state index contributed by atoms with van der Waals surface area (Å²) in [5, 5.41) is 25.3. The van der Waals surface area contributed by atoms with Gasteiger partial charge in [-0.2, -0.15) is 0 Å². The largest absolute Gasteiger partial charge is 0.479 e. The van der Waals surface area contributed by atoms with Crippen molar-refractivity contribution >= 4 is 28.5 Å². The minimum absolute atomic E-state index is 0.391. The highest BCUT2D eigenvalue weighted by Gasteiger charge is 2.30. The van der Waals surface area contributed by atoms with Crippen molar-refractivity contribution < 1.29 is 19.8 Å². The molecule has 0 aliphatic carbocycles. The molecule has 116 valence electrons. The number of benzene rings is 2. The van der Waals surface area contributed by atoms with Gasteiger partial charge in [0.25, 0.3) is 0 Å². The molecule has 6 nitrogen and oxygen atoms in total. The molecule has 0 bridgehead atoms. The van der Waals surface area contributed by atoms with Crippen LogP contribution >= 0.6 is 0 Å². The Morgan fingerprint density at radius 3 is 2.59 bits per heavy atom. The predicted molar refractivity (Wildman–Crippen MR) is 84.0 cm³/mol. The lowest BCUT2D eigenvalue weighted by Gasteiger charge is -2.19. The van der Waals surface area contributed by atoms with E-state index in [-0.39, 0.29) is 0 Å². The topological polar surface area (TPSA) is 98.7 Å². The minimum Gasteiger partial charge on any atom is -0.479 e. The smallest absolute Gasteiger partial charge is 0.337 e. The van der Waals surface area contributed by atoms with Crippen molar-refractivity contribution in [3.63, 3.8) is 0 Å². The maximum atomic E-state index is 11.9. The summed E-state index contributed by atoms with van der Waals surface area (Å²) in [6.07, 6.45) is 0. The van der Waals surface area contributed by atoms with Gasteiger partial charge < -0.3 is 20.8 Å². The third-order valence-corrected chi connectivity index (χ3v) is 3.31. The van der Waals surface area contributed by atoms with Crippen molar-refractivity contribution in [3.05, 3.63) is 42.0 Å². The van der Waals surface area contributed by atoms with E-state index in [4.69, 9.17) is 5.11 Å². The molecule has 0 aliphatic rings. The second kappa shape index (κ2) is 6.03. The summed E-state index contributed by atoms with van der Waals surface area (Å²) in [6, 6.07) is 10.9. The standard InChI is InChI=1S/C16H18N2O4/c1-10-7-11-5-3-4-6-12(11)13(8-10)18-15(21)17-9-16(2,22)14(19)20/h3-8,22H,9H2,1-2H3,(H,19,20)(H2,17,18,21). The molecule has 0 spiro atoms. The molecule has 0 fully saturated rings. The van der Waals surface area contributed by atoms with Gasteiger partial charge in [-0.15, -0.1) is 0 Å². The molecular weight excluding hydrogens is 284 g/mol. The van der Waals surface area contributed by atoms with E-state index in [1.54, 1.807) is 0 Å². The molecule has 1 unspecified atom stereocenters. The zero-order valence-electron chi connectivity index (χ0n) is 12.4. The number of hydrogen-bond donors (Lipinski definition) is 4. The van der Waals surface area contributed by atoms with Crippen LogP contribution in [0, 0.1) is 6.92 Å². The minimum atomic E-state index is -2.01. The van der Waals surface area contributed by atoms with E-state index in [0.29, 0.717) is 5.69 Å². The number of aliphatic hydroxyl groups is 1. The maximum Gasteiger partial charge on any atom is 0.337 e. The second-order valence-corrected chi connectivity index (χ2v) is 5.42. The number of nitrogens with one attached hydrogen (secondary N) is 2. The van der Waals surface area contributed by atoms with Crippen molar-refractivity contribution in [2.45, 2.75) is 19.4 Å². The van der Waals surface area contributed by atoms with E-state index in [9.17, 15) is 14.7 Å². The monoisotopic (exact) mass is 302 g/mol. The number of amides is 2. The molecule has 6 heteroatoms. The Morgan fingerprint density at radius 1 is 1.23 bits per heavy atom. The molecule has 2 aromatic carbocycles. The summed E-state index contributed by atoms with van der Waals surface area (Å²) < 4.78 is 0. The molecule has 0 saturated heterocycles. The molecule has 4 N–H and O–H groups in total. The molecule has 2 aromatic rings. The molecule has 2 amide bonds. The number of hydrogen-bond acceptors (Lipinski definition) is 3. The van der Waals surface area contributed by atoms with Crippen LogP contribution in [0.4, 0.5) is 10.5 Å². The van der Waals surface area contributed by atoms with Gasteiger partial charge in [0.2, 0.25) is 0 Å². The van der Waals surface area contributed by atoms with Crippen LogP contribution in [0.3, 0.4) is 0 Å². The Hall–Kier alpha value is -2.60. The van der Waals surface area contributed by atoms with Crippen LogP contribution in [0.5, 0.6) is 0 Å². The maximum absolute atomic E-state index is 11.9.